The zero-order chi connectivity index (χ0) is 14.2. The molecule has 2 rings (SSSR count). The van der Waals surface area contributed by atoms with E-state index in [1.807, 2.05) is 0 Å². The van der Waals surface area contributed by atoms with Crippen LogP contribution in [0.2, 0.25) is 0 Å². The molecule has 1 fully saturated rings. The summed E-state index contributed by atoms with van der Waals surface area (Å²) in [5, 5.41) is 9.00. The first kappa shape index (κ1) is 13.3. The van der Waals surface area contributed by atoms with Crippen LogP contribution in [0.1, 0.15) is 22.5 Å². The van der Waals surface area contributed by atoms with Gasteiger partial charge in [0.1, 0.15) is 11.1 Å². The Morgan fingerprint density at radius 1 is 1.53 bits per heavy atom. The lowest BCUT2D eigenvalue weighted by Crippen LogP contribution is -2.50. The van der Waals surface area contributed by atoms with Crippen molar-refractivity contribution in [3.8, 4) is 0 Å². The monoisotopic (exact) mass is 265 g/mol. The van der Waals surface area contributed by atoms with Gasteiger partial charge < -0.3 is 20.7 Å². The fourth-order valence-corrected chi connectivity index (χ4v) is 2.09. The summed E-state index contributed by atoms with van der Waals surface area (Å²) < 4.78 is 0. The smallest absolute Gasteiger partial charge is 0.325 e. The van der Waals surface area contributed by atoms with Gasteiger partial charge in [0.15, 0.2) is 5.43 Å². The first-order valence-corrected chi connectivity index (χ1v) is 5.84. The van der Waals surface area contributed by atoms with Gasteiger partial charge in [-0.05, 0) is 13.3 Å². The predicted octanol–water partition coefficient (Wildman–Crippen LogP) is -0.689. The molecule has 1 aromatic rings. The van der Waals surface area contributed by atoms with Gasteiger partial charge in [0.2, 0.25) is 0 Å². The molecule has 1 saturated heterocycles. The Bertz CT molecular complexity index is 595. The molecule has 1 unspecified atom stereocenters. The fraction of sp³-hybridized carbons (Fsp3) is 0.417. The Kier molecular flexibility index (Phi) is 3.15. The van der Waals surface area contributed by atoms with E-state index in [9.17, 15) is 14.4 Å². The predicted molar refractivity (Wildman–Crippen MR) is 66.9 cm³/mol. The standard InChI is InChI=1S/C12H15N3O4/c1-7-4-9(16)8(5-14-7)10(17)15-3-2-12(13,6-15)11(18)19/h4-5H,2-3,6,13H2,1H3,(H,14,16)(H,18,19). The molecule has 1 aliphatic rings. The summed E-state index contributed by atoms with van der Waals surface area (Å²) in [5.41, 5.74) is 4.54. The first-order valence-electron chi connectivity index (χ1n) is 5.84. The molecule has 7 heteroatoms. The van der Waals surface area contributed by atoms with Crippen LogP contribution in [0, 0.1) is 6.92 Å². The third kappa shape index (κ3) is 2.37. The number of nitrogens with zero attached hydrogens (tertiary/aromatic N) is 1. The maximum atomic E-state index is 12.1. The van der Waals surface area contributed by atoms with Gasteiger partial charge in [-0.15, -0.1) is 0 Å². The Morgan fingerprint density at radius 2 is 2.21 bits per heavy atom. The summed E-state index contributed by atoms with van der Waals surface area (Å²) in [7, 11) is 0. The van der Waals surface area contributed by atoms with Crippen molar-refractivity contribution in [2.24, 2.45) is 5.73 Å². The van der Waals surface area contributed by atoms with Gasteiger partial charge in [0.25, 0.3) is 5.91 Å². The maximum Gasteiger partial charge on any atom is 0.325 e. The van der Waals surface area contributed by atoms with Crippen molar-refractivity contribution in [3.05, 3.63) is 33.7 Å². The molecule has 0 saturated carbocycles. The van der Waals surface area contributed by atoms with Crippen molar-refractivity contribution in [3.63, 3.8) is 0 Å². The third-order valence-electron chi connectivity index (χ3n) is 3.30. The van der Waals surface area contributed by atoms with Gasteiger partial charge in [-0.25, -0.2) is 0 Å². The average molecular weight is 265 g/mol. The van der Waals surface area contributed by atoms with Crippen molar-refractivity contribution >= 4 is 11.9 Å². The zero-order valence-electron chi connectivity index (χ0n) is 10.5. The van der Waals surface area contributed by atoms with Crippen LogP contribution in [0.5, 0.6) is 0 Å². The highest BCUT2D eigenvalue weighted by molar-refractivity contribution is 5.95. The van der Waals surface area contributed by atoms with E-state index >= 15 is 0 Å². The number of H-pyrrole nitrogens is 1. The minimum atomic E-state index is -1.42. The van der Waals surface area contributed by atoms with E-state index in [1.165, 1.54) is 17.2 Å². The Balaban J connectivity index is 2.23. The van der Waals surface area contributed by atoms with Crippen LogP contribution in [-0.4, -0.2) is 45.5 Å². The third-order valence-corrected chi connectivity index (χ3v) is 3.30. The lowest BCUT2D eigenvalue weighted by atomic mass is 10.0. The normalized spacial score (nSPS) is 22.5. The first-order chi connectivity index (χ1) is 8.83. The van der Waals surface area contributed by atoms with Crippen molar-refractivity contribution < 1.29 is 14.7 Å². The molecule has 1 aliphatic heterocycles. The van der Waals surface area contributed by atoms with Gasteiger partial charge in [-0.1, -0.05) is 0 Å². The second kappa shape index (κ2) is 4.51. The summed E-state index contributed by atoms with van der Waals surface area (Å²) in [4.78, 5) is 39.0. The number of carboxylic acids is 1. The van der Waals surface area contributed by atoms with E-state index in [0.717, 1.165) is 0 Å². The molecular weight excluding hydrogens is 250 g/mol. The van der Waals surface area contributed by atoms with Gasteiger partial charge >= 0.3 is 5.97 Å². The van der Waals surface area contributed by atoms with Gasteiger partial charge in [0, 0.05) is 31.0 Å². The largest absolute Gasteiger partial charge is 0.480 e. The molecule has 0 spiro atoms. The lowest BCUT2D eigenvalue weighted by Gasteiger charge is -2.19. The molecule has 0 aliphatic carbocycles. The zero-order valence-corrected chi connectivity index (χ0v) is 10.5. The molecule has 1 amide bonds. The van der Waals surface area contributed by atoms with E-state index in [1.54, 1.807) is 6.92 Å². The number of amides is 1. The van der Waals surface area contributed by atoms with E-state index in [0.29, 0.717) is 5.69 Å². The van der Waals surface area contributed by atoms with Crippen molar-refractivity contribution in [1.82, 2.24) is 9.88 Å². The number of pyridine rings is 1. The number of carboxylic acid groups (broad SMARTS) is 1. The fourth-order valence-electron chi connectivity index (χ4n) is 2.09. The molecule has 19 heavy (non-hydrogen) atoms. The van der Waals surface area contributed by atoms with Crippen molar-refractivity contribution in [1.29, 1.82) is 0 Å². The number of carbonyl (C=O) groups excluding carboxylic acids is 1. The number of hydrogen-bond donors (Lipinski definition) is 3. The summed E-state index contributed by atoms with van der Waals surface area (Å²) in [6, 6.07) is 1.33. The average Bonchev–Trinajstić information content (AvgIpc) is 2.73. The Morgan fingerprint density at radius 3 is 2.74 bits per heavy atom. The molecule has 102 valence electrons. The molecule has 0 radical (unpaired) electrons. The molecule has 0 aromatic carbocycles. The van der Waals surface area contributed by atoms with Gasteiger partial charge in [0.05, 0.1) is 0 Å². The quantitative estimate of drug-likeness (QED) is 0.654. The number of likely N-dealkylation sites (tertiary alicyclic amines) is 1. The molecule has 1 aromatic heterocycles. The summed E-state index contributed by atoms with van der Waals surface area (Å²) >= 11 is 0. The van der Waals surface area contributed by atoms with Gasteiger partial charge in [-0.2, -0.15) is 0 Å². The topological polar surface area (TPSA) is 116 Å². The van der Waals surface area contributed by atoms with Crippen LogP contribution in [-0.2, 0) is 4.79 Å². The number of aliphatic carboxylic acids is 1. The highest BCUT2D eigenvalue weighted by Gasteiger charge is 2.43. The molecule has 0 bridgehead atoms. The molecule has 1 atom stereocenters. The molecule has 2 heterocycles. The highest BCUT2D eigenvalue weighted by atomic mass is 16.4. The molecule has 7 nitrogen and oxygen atoms in total. The summed E-state index contributed by atoms with van der Waals surface area (Å²) in [6.07, 6.45) is 1.52. The number of hydrogen-bond acceptors (Lipinski definition) is 4. The summed E-state index contributed by atoms with van der Waals surface area (Å²) in [6.45, 7) is 1.85. The second-order valence-corrected chi connectivity index (χ2v) is 4.83. The molecule has 4 N–H and O–H groups in total. The van der Waals surface area contributed by atoms with Gasteiger partial charge in [-0.3, -0.25) is 14.4 Å². The number of rotatable bonds is 2. The number of carbonyl (C=O) groups is 2. The van der Waals surface area contributed by atoms with E-state index < -0.39 is 17.4 Å². The molecular formula is C12H15N3O4. The van der Waals surface area contributed by atoms with E-state index in [4.69, 9.17) is 10.8 Å². The number of aromatic nitrogens is 1. The van der Waals surface area contributed by atoms with Crippen LogP contribution in [0.25, 0.3) is 0 Å². The second-order valence-electron chi connectivity index (χ2n) is 4.83. The number of nitrogens with one attached hydrogen (secondary N) is 1. The van der Waals surface area contributed by atoms with Crippen molar-refractivity contribution in [2.45, 2.75) is 18.9 Å². The minimum absolute atomic E-state index is 0.000221. The lowest BCUT2D eigenvalue weighted by molar-refractivity contribution is -0.142. The SMILES string of the molecule is Cc1cc(=O)c(C(=O)N2CCC(N)(C(=O)O)C2)c[nH]1. The van der Waals surface area contributed by atoms with Crippen LogP contribution in [0.3, 0.4) is 0 Å². The number of aromatic amines is 1. The van der Waals surface area contributed by atoms with E-state index in [2.05, 4.69) is 4.98 Å². The highest BCUT2D eigenvalue weighted by Crippen LogP contribution is 2.20. The maximum absolute atomic E-state index is 12.1. The summed E-state index contributed by atoms with van der Waals surface area (Å²) in [5.74, 6) is -1.63. The Hall–Kier alpha value is -2.15. The van der Waals surface area contributed by atoms with Crippen molar-refractivity contribution in [2.75, 3.05) is 13.1 Å². The number of aryl methyl sites for hydroxylation is 1. The minimum Gasteiger partial charge on any atom is -0.480 e. The van der Waals surface area contributed by atoms with Crippen LogP contribution in [0.4, 0.5) is 0 Å². The van der Waals surface area contributed by atoms with E-state index in [-0.39, 0.29) is 30.5 Å². The van der Waals surface area contributed by atoms with Crippen LogP contribution in [0.15, 0.2) is 17.1 Å². The van der Waals surface area contributed by atoms with Crippen LogP contribution >= 0.6 is 0 Å². The van der Waals surface area contributed by atoms with Crippen LogP contribution < -0.4 is 11.2 Å². The number of nitrogens with two attached hydrogens (primary N) is 1. The Labute approximate surface area is 109 Å².